The fourth-order valence-electron chi connectivity index (χ4n) is 2.36. The molecular weight excluding hydrogens is 330 g/mol. The average molecular weight is 359 g/mol. The van der Waals surface area contributed by atoms with E-state index < -0.39 is 0 Å². The van der Waals surface area contributed by atoms with Gasteiger partial charge in [-0.3, -0.25) is 0 Å². The van der Waals surface area contributed by atoms with Crippen molar-refractivity contribution >= 4 is 5.69 Å². The van der Waals surface area contributed by atoms with Gasteiger partial charge >= 0.3 is 0 Å². The monoisotopic (exact) mass is 359 g/mol. The van der Waals surface area contributed by atoms with Gasteiger partial charge in [-0.1, -0.05) is 24.3 Å². The molecule has 2 aromatic carbocycles. The summed E-state index contributed by atoms with van der Waals surface area (Å²) in [6.45, 7) is 8.40. The molecule has 0 atom stereocenters. The summed E-state index contributed by atoms with van der Waals surface area (Å²) >= 11 is 0. The molecule has 0 unspecified atom stereocenters. The Morgan fingerprint density at radius 3 is 2.08 bits per heavy atom. The molecule has 0 aliphatic heterocycles. The minimum Gasteiger partial charge on any atom is -0.491 e. The van der Waals surface area contributed by atoms with Crippen molar-refractivity contribution in [2.75, 3.05) is 45.0 Å². The Morgan fingerprint density at radius 1 is 0.731 bits per heavy atom. The first kappa shape index (κ1) is 20.1. The van der Waals surface area contributed by atoms with E-state index in [1.807, 2.05) is 50.2 Å². The summed E-state index contributed by atoms with van der Waals surface area (Å²) < 4.78 is 22.0. The van der Waals surface area contributed by atoms with E-state index in [1.165, 1.54) is 5.56 Å². The van der Waals surface area contributed by atoms with E-state index >= 15 is 0 Å². The van der Waals surface area contributed by atoms with Gasteiger partial charge in [-0.15, -0.1) is 0 Å². The van der Waals surface area contributed by atoms with Crippen LogP contribution in [0.5, 0.6) is 11.5 Å². The quantitative estimate of drug-likeness (QED) is 0.545. The first-order valence-corrected chi connectivity index (χ1v) is 9.16. The zero-order valence-corrected chi connectivity index (χ0v) is 15.7. The van der Waals surface area contributed by atoms with Crippen LogP contribution in [-0.2, 0) is 16.0 Å². The van der Waals surface area contributed by atoms with Crippen molar-refractivity contribution in [3.05, 3.63) is 54.1 Å². The summed E-state index contributed by atoms with van der Waals surface area (Å²) in [5.74, 6) is 1.69. The minimum atomic E-state index is 0.542. The lowest BCUT2D eigenvalue weighted by atomic mass is 10.2. The molecular formula is C21H29NO4. The normalized spacial score (nSPS) is 10.5. The van der Waals surface area contributed by atoms with Crippen LogP contribution in [0.1, 0.15) is 19.4 Å². The van der Waals surface area contributed by atoms with Gasteiger partial charge in [-0.25, -0.2) is 0 Å². The van der Waals surface area contributed by atoms with Crippen LogP contribution in [0.2, 0.25) is 0 Å². The largest absolute Gasteiger partial charge is 0.491 e. The maximum absolute atomic E-state index is 5.79. The van der Waals surface area contributed by atoms with Crippen LogP contribution in [0, 0.1) is 0 Å². The van der Waals surface area contributed by atoms with Crippen molar-refractivity contribution in [3.63, 3.8) is 0 Å². The maximum Gasteiger partial charge on any atom is 0.142 e. The Balaban J connectivity index is 1.81. The topological polar surface area (TPSA) is 49.0 Å². The molecule has 0 radical (unpaired) electrons. The molecule has 5 nitrogen and oxygen atoms in total. The van der Waals surface area contributed by atoms with Gasteiger partial charge in [-0.2, -0.15) is 0 Å². The van der Waals surface area contributed by atoms with Crippen LogP contribution in [0.15, 0.2) is 48.5 Å². The third kappa shape index (κ3) is 7.33. The van der Waals surface area contributed by atoms with Crippen LogP contribution in [0.25, 0.3) is 0 Å². The molecule has 0 aliphatic carbocycles. The number of benzene rings is 2. The number of nitrogens with one attached hydrogen (secondary N) is 1. The van der Waals surface area contributed by atoms with Crippen molar-refractivity contribution < 1.29 is 18.9 Å². The molecule has 0 saturated carbocycles. The molecule has 0 amide bonds. The highest BCUT2D eigenvalue weighted by Gasteiger charge is 2.03. The van der Waals surface area contributed by atoms with Crippen molar-refractivity contribution in [1.82, 2.24) is 0 Å². The highest BCUT2D eigenvalue weighted by atomic mass is 16.5. The standard InChI is InChI=1S/C21H29NO4/c1-3-23-13-15-25-19-11-9-18(10-12-19)17-22-20-7-5-6-8-21(20)26-16-14-24-4-2/h5-12,22H,3-4,13-17H2,1-2H3. The minimum absolute atomic E-state index is 0.542. The second kappa shape index (κ2) is 12.2. The molecule has 142 valence electrons. The van der Waals surface area contributed by atoms with Crippen LogP contribution >= 0.6 is 0 Å². The number of ether oxygens (including phenoxy) is 4. The van der Waals surface area contributed by atoms with Gasteiger partial charge < -0.3 is 24.3 Å². The first-order valence-electron chi connectivity index (χ1n) is 9.16. The van der Waals surface area contributed by atoms with Gasteiger partial charge in [0.15, 0.2) is 0 Å². The lowest BCUT2D eigenvalue weighted by Gasteiger charge is -2.13. The molecule has 0 aliphatic rings. The van der Waals surface area contributed by atoms with Gasteiger partial charge in [0, 0.05) is 19.8 Å². The van der Waals surface area contributed by atoms with E-state index in [-0.39, 0.29) is 0 Å². The molecule has 0 fully saturated rings. The first-order chi connectivity index (χ1) is 12.8. The van der Waals surface area contributed by atoms with Gasteiger partial charge in [0.1, 0.15) is 24.7 Å². The summed E-state index contributed by atoms with van der Waals surface area (Å²) in [7, 11) is 0. The average Bonchev–Trinajstić information content (AvgIpc) is 2.69. The Morgan fingerprint density at radius 2 is 1.38 bits per heavy atom. The molecule has 2 aromatic rings. The van der Waals surface area contributed by atoms with Crippen LogP contribution in [0.4, 0.5) is 5.69 Å². The number of hydrogen-bond donors (Lipinski definition) is 1. The van der Waals surface area contributed by atoms with E-state index in [0.717, 1.165) is 17.2 Å². The van der Waals surface area contributed by atoms with Crippen molar-refractivity contribution in [2.24, 2.45) is 0 Å². The highest BCUT2D eigenvalue weighted by molar-refractivity contribution is 5.56. The van der Waals surface area contributed by atoms with E-state index in [1.54, 1.807) is 0 Å². The number of para-hydroxylation sites is 2. The summed E-state index contributed by atoms with van der Waals surface area (Å²) in [5, 5.41) is 3.42. The second-order valence-corrected chi connectivity index (χ2v) is 5.58. The molecule has 0 saturated heterocycles. The zero-order chi connectivity index (χ0) is 18.5. The second-order valence-electron chi connectivity index (χ2n) is 5.58. The van der Waals surface area contributed by atoms with Crippen molar-refractivity contribution in [3.8, 4) is 11.5 Å². The van der Waals surface area contributed by atoms with E-state index in [0.29, 0.717) is 46.2 Å². The SMILES string of the molecule is CCOCCOc1ccc(CNc2ccccc2OCCOCC)cc1. The summed E-state index contributed by atoms with van der Waals surface area (Å²) in [6.07, 6.45) is 0. The van der Waals surface area contributed by atoms with E-state index in [2.05, 4.69) is 17.4 Å². The van der Waals surface area contributed by atoms with Crippen LogP contribution in [0.3, 0.4) is 0 Å². The smallest absolute Gasteiger partial charge is 0.142 e. The van der Waals surface area contributed by atoms with E-state index in [9.17, 15) is 0 Å². The highest BCUT2D eigenvalue weighted by Crippen LogP contribution is 2.24. The fourth-order valence-corrected chi connectivity index (χ4v) is 2.36. The molecule has 5 heteroatoms. The molecule has 2 rings (SSSR count). The number of hydrogen-bond acceptors (Lipinski definition) is 5. The molecule has 0 bridgehead atoms. The molecule has 1 N–H and O–H groups in total. The fraction of sp³-hybridized carbons (Fsp3) is 0.429. The molecule has 26 heavy (non-hydrogen) atoms. The Labute approximate surface area is 156 Å². The predicted molar refractivity (Wildman–Crippen MR) is 104 cm³/mol. The molecule has 0 heterocycles. The van der Waals surface area contributed by atoms with E-state index in [4.69, 9.17) is 18.9 Å². The lowest BCUT2D eigenvalue weighted by Crippen LogP contribution is -2.08. The zero-order valence-electron chi connectivity index (χ0n) is 15.7. The van der Waals surface area contributed by atoms with Gasteiger partial charge in [-0.05, 0) is 43.7 Å². The third-order valence-electron chi connectivity index (χ3n) is 3.68. The van der Waals surface area contributed by atoms with Crippen molar-refractivity contribution in [1.29, 1.82) is 0 Å². The predicted octanol–water partition coefficient (Wildman–Crippen LogP) is 4.13. The molecule has 0 aromatic heterocycles. The van der Waals surface area contributed by atoms with Gasteiger partial charge in [0.05, 0.1) is 18.9 Å². The summed E-state index contributed by atoms with van der Waals surface area (Å²) in [5.41, 5.74) is 2.15. The maximum atomic E-state index is 5.79. The molecule has 0 spiro atoms. The Bertz CT molecular complexity index is 616. The van der Waals surface area contributed by atoms with Gasteiger partial charge in [0.25, 0.3) is 0 Å². The lowest BCUT2D eigenvalue weighted by molar-refractivity contribution is 0.110. The van der Waals surface area contributed by atoms with Crippen LogP contribution in [-0.4, -0.2) is 39.6 Å². The number of rotatable bonds is 13. The summed E-state index contributed by atoms with van der Waals surface area (Å²) in [6, 6.07) is 16.0. The Kier molecular flexibility index (Phi) is 9.40. The third-order valence-corrected chi connectivity index (χ3v) is 3.68. The van der Waals surface area contributed by atoms with Crippen LogP contribution < -0.4 is 14.8 Å². The van der Waals surface area contributed by atoms with Crippen molar-refractivity contribution in [2.45, 2.75) is 20.4 Å². The van der Waals surface area contributed by atoms with Gasteiger partial charge in [0.2, 0.25) is 0 Å². The number of anilines is 1. The Hall–Kier alpha value is -2.24. The summed E-state index contributed by atoms with van der Waals surface area (Å²) in [4.78, 5) is 0.